The first-order valence-electron chi connectivity index (χ1n) is 5.47. The summed E-state index contributed by atoms with van der Waals surface area (Å²) in [5.74, 6) is 0.126. The fourth-order valence-corrected chi connectivity index (χ4v) is 2.16. The highest BCUT2D eigenvalue weighted by Crippen LogP contribution is 2.25. The molecule has 1 aromatic carbocycles. The molecule has 86 valence electrons. The van der Waals surface area contributed by atoms with Crippen LogP contribution in [0.3, 0.4) is 0 Å². The Kier molecular flexibility index (Phi) is 3.46. The minimum atomic E-state index is 0.0608. The monoisotopic (exact) mass is 238 g/mol. The van der Waals surface area contributed by atoms with Crippen LogP contribution in [-0.4, -0.2) is 11.9 Å². The molecule has 2 atom stereocenters. The summed E-state index contributed by atoms with van der Waals surface area (Å²) < 4.78 is 0. The molecule has 0 aliphatic heterocycles. The Morgan fingerprint density at radius 3 is 2.56 bits per heavy atom. The molecular formula is C12H15ClN2O. The Labute approximate surface area is 100.0 Å². The van der Waals surface area contributed by atoms with Crippen molar-refractivity contribution in [2.24, 2.45) is 11.7 Å². The summed E-state index contributed by atoms with van der Waals surface area (Å²) in [6, 6.07) is 7.31. The normalized spacial score (nSPS) is 24.4. The zero-order valence-electron chi connectivity index (χ0n) is 8.95. The predicted octanol–water partition coefficient (Wildman–Crippen LogP) is 2.41. The van der Waals surface area contributed by atoms with Crippen LogP contribution >= 0.6 is 11.6 Å². The number of nitrogens with two attached hydrogens (primary N) is 1. The van der Waals surface area contributed by atoms with Gasteiger partial charge in [0.2, 0.25) is 5.91 Å². The lowest BCUT2D eigenvalue weighted by molar-refractivity contribution is -0.119. The van der Waals surface area contributed by atoms with Gasteiger partial charge >= 0.3 is 0 Å². The maximum absolute atomic E-state index is 11.8. The third-order valence-corrected chi connectivity index (χ3v) is 3.21. The van der Waals surface area contributed by atoms with Crippen molar-refractivity contribution in [1.82, 2.24) is 0 Å². The molecule has 0 saturated heterocycles. The molecule has 4 heteroatoms. The average Bonchev–Trinajstić information content (AvgIpc) is 2.68. The highest BCUT2D eigenvalue weighted by Gasteiger charge is 2.27. The topological polar surface area (TPSA) is 55.1 Å². The minimum absolute atomic E-state index is 0.0608. The molecule has 1 fully saturated rings. The molecule has 0 aromatic heterocycles. The van der Waals surface area contributed by atoms with Gasteiger partial charge in [-0.15, -0.1) is 0 Å². The summed E-state index contributed by atoms with van der Waals surface area (Å²) in [6.45, 7) is 0. The van der Waals surface area contributed by atoms with Crippen LogP contribution in [-0.2, 0) is 4.79 Å². The van der Waals surface area contributed by atoms with Gasteiger partial charge in [-0.05, 0) is 43.5 Å². The first kappa shape index (κ1) is 11.4. The number of amides is 1. The molecular weight excluding hydrogens is 224 g/mol. The largest absolute Gasteiger partial charge is 0.328 e. The van der Waals surface area contributed by atoms with Gasteiger partial charge in [0.25, 0.3) is 0 Å². The van der Waals surface area contributed by atoms with Gasteiger partial charge in [-0.3, -0.25) is 4.79 Å². The second-order valence-electron chi connectivity index (χ2n) is 4.27. The van der Waals surface area contributed by atoms with E-state index in [1.807, 2.05) is 0 Å². The van der Waals surface area contributed by atoms with Crippen molar-refractivity contribution in [1.29, 1.82) is 0 Å². The Morgan fingerprint density at radius 2 is 2.00 bits per heavy atom. The van der Waals surface area contributed by atoms with E-state index in [0.717, 1.165) is 24.9 Å². The van der Waals surface area contributed by atoms with Gasteiger partial charge in [0.1, 0.15) is 0 Å². The quantitative estimate of drug-likeness (QED) is 0.831. The molecule has 2 unspecified atom stereocenters. The summed E-state index contributed by atoms with van der Waals surface area (Å²) in [7, 11) is 0. The lowest BCUT2D eigenvalue weighted by Gasteiger charge is -2.10. The zero-order chi connectivity index (χ0) is 11.5. The first-order chi connectivity index (χ1) is 7.65. The average molecular weight is 239 g/mol. The number of nitrogens with one attached hydrogen (secondary N) is 1. The number of halogens is 1. The Balaban J connectivity index is 1.94. The van der Waals surface area contributed by atoms with Crippen LogP contribution < -0.4 is 11.1 Å². The lowest BCUT2D eigenvalue weighted by Crippen LogP contribution is -2.23. The summed E-state index contributed by atoms with van der Waals surface area (Å²) in [6.07, 6.45) is 2.62. The number of hydrogen-bond acceptors (Lipinski definition) is 2. The molecule has 2 rings (SSSR count). The molecule has 0 heterocycles. The van der Waals surface area contributed by atoms with E-state index in [9.17, 15) is 4.79 Å². The Hall–Kier alpha value is -1.06. The van der Waals surface area contributed by atoms with Gasteiger partial charge in [0, 0.05) is 22.7 Å². The van der Waals surface area contributed by atoms with E-state index >= 15 is 0 Å². The fraction of sp³-hybridized carbons (Fsp3) is 0.417. The number of benzene rings is 1. The number of carbonyl (C=O) groups excluding carboxylic acids is 1. The van der Waals surface area contributed by atoms with Crippen molar-refractivity contribution in [2.45, 2.75) is 25.3 Å². The molecule has 3 nitrogen and oxygen atoms in total. The van der Waals surface area contributed by atoms with Crippen LogP contribution in [0.4, 0.5) is 5.69 Å². The summed E-state index contributed by atoms with van der Waals surface area (Å²) >= 11 is 5.77. The summed E-state index contributed by atoms with van der Waals surface area (Å²) in [5.41, 5.74) is 6.57. The van der Waals surface area contributed by atoms with E-state index in [-0.39, 0.29) is 17.9 Å². The van der Waals surface area contributed by atoms with Gasteiger partial charge < -0.3 is 11.1 Å². The molecule has 0 spiro atoms. The van der Waals surface area contributed by atoms with Crippen LogP contribution in [0.1, 0.15) is 19.3 Å². The predicted molar refractivity (Wildman–Crippen MR) is 65.4 cm³/mol. The van der Waals surface area contributed by atoms with Crippen molar-refractivity contribution >= 4 is 23.2 Å². The number of anilines is 1. The van der Waals surface area contributed by atoms with Crippen LogP contribution in [0.2, 0.25) is 5.02 Å². The van der Waals surface area contributed by atoms with E-state index in [1.165, 1.54) is 0 Å². The fourth-order valence-electron chi connectivity index (χ4n) is 2.03. The standard InChI is InChI=1S/C12H15ClN2O/c13-9-2-5-11(6-3-9)15-12(16)8-1-4-10(14)7-8/h2-3,5-6,8,10H,1,4,7,14H2,(H,15,16). The van der Waals surface area contributed by atoms with E-state index in [1.54, 1.807) is 24.3 Å². The van der Waals surface area contributed by atoms with E-state index in [0.29, 0.717) is 5.02 Å². The van der Waals surface area contributed by atoms with Gasteiger partial charge in [0.05, 0.1) is 0 Å². The van der Waals surface area contributed by atoms with Gasteiger partial charge in [0.15, 0.2) is 0 Å². The Morgan fingerprint density at radius 1 is 1.31 bits per heavy atom. The van der Waals surface area contributed by atoms with Crippen molar-refractivity contribution in [3.63, 3.8) is 0 Å². The third-order valence-electron chi connectivity index (χ3n) is 2.96. The molecule has 1 aliphatic carbocycles. The second kappa shape index (κ2) is 4.85. The SMILES string of the molecule is NC1CCC(C(=O)Nc2ccc(Cl)cc2)C1. The molecule has 1 saturated carbocycles. The van der Waals surface area contributed by atoms with Crippen molar-refractivity contribution in [3.8, 4) is 0 Å². The van der Waals surface area contributed by atoms with E-state index < -0.39 is 0 Å². The number of carbonyl (C=O) groups is 1. The highest BCUT2D eigenvalue weighted by atomic mass is 35.5. The van der Waals surface area contributed by atoms with Crippen LogP contribution in [0.5, 0.6) is 0 Å². The van der Waals surface area contributed by atoms with Gasteiger partial charge in [-0.2, -0.15) is 0 Å². The van der Waals surface area contributed by atoms with Crippen LogP contribution in [0.25, 0.3) is 0 Å². The molecule has 0 bridgehead atoms. The van der Waals surface area contributed by atoms with Crippen molar-refractivity contribution in [2.75, 3.05) is 5.32 Å². The highest BCUT2D eigenvalue weighted by molar-refractivity contribution is 6.30. The minimum Gasteiger partial charge on any atom is -0.328 e. The molecule has 1 aromatic rings. The summed E-state index contributed by atoms with van der Waals surface area (Å²) in [4.78, 5) is 11.8. The third kappa shape index (κ3) is 2.74. The maximum atomic E-state index is 11.8. The number of rotatable bonds is 2. The zero-order valence-corrected chi connectivity index (χ0v) is 9.70. The molecule has 1 aliphatic rings. The molecule has 0 radical (unpaired) electrons. The Bertz CT molecular complexity index is 377. The smallest absolute Gasteiger partial charge is 0.227 e. The summed E-state index contributed by atoms with van der Waals surface area (Å²) in [5, 5.41) is 3.55. The van der Waals surface area contributed by atoms with Crippen molar-refractivity contribution < 1.29 is 4.79 Å². The van der Waals surface area contributed by atoms with Crippen LogP contribution in [0, 0.1) is 5.92 Å². The van der Waals surface area contributed by atoms with Crippen molar-refractivity contribution in [3.05, 3.63) is 29.3 Å². The van der Waals surface area contributed by atoms with E-state index in [2.05, 4.69) is 5.32 Å². The second-order valence-corrected chi connectivity index (χ2v) is 4.70. The molecule has 3 N–H and O–H groups in total. The van der Waals surface area contributed by atoms with Gasteiger partial charge in [-0.1, -0.05) is 11.6 Å². The van der Waals surface area contributed by atoms with Gasteiger partial charge in [-0.25, -0.2) is 0 Å². The maximum Gasteiger partial charge on any atom is 0.227 e. The number of hydrogen-bond donors (Lipinski definition) is 2. The molecule has 1 amide bonds. The lowest BCUT2D eigenvalue weighted by atomic mass is 10.1. The van der Waals surface area contributed by atoms with Crippen LogP contribution in [0.15, 0.2) is 24.3 Å². The first-order valence-corrected chi connectivity index (χ1v) is 5.85. The van der Waals surface area contributed by atoms with E-state index in [4.69, 9.17) is 17.3 Å². The molecule has 16 heavy (non-hydrogen) atoms.